The van der Waals surface area contributed by atoms with Crippen molar-refractivity contribution in [1.82, 2.24) is 5.32 Å². The predicted molar refractivity (Wildman–Crippen MR) is 84.9 cm³/mol. The number of hydrogen-bond donors (Lipinski definition) is 2. The first-order valence-corrected chi connectivity index (χ1v) is 7.51. The molecule has 0 radical (unpaired) electrons. The van der Waals surface area contributed by atoms with E-state index in [2.05, 4.69) is 5.32 Å². The number of carbonyl (C=O) groups is 1. The van der Waals surface area contributed by atoms with Gasteiger partial charge >= 0.3 is 0 Å². The Morgan fingerprint density at radius 1 is 1.29 bits per heavy atom. The lowest BCUT2D eigenvalue weighted by atomic mass is 9.91. The summed E-state index contributed by atoms with van der Waals surface area (Å²) in [5, 5.41) is 3.22. The zero-order chi connectivity index (χ0) is 13.9. The van der Waals surface area contributed by atoms with Crippen molar-refractivity contribution in [3.63, 3.8) is 0 Å². The molecular weight excluding hydrogens is 288 g/mol. The maximum Gasteiger partial charge on any atom is 0.228 e. The monoisotopic (exact) mass is 310 g/mol. The molecule has 1 fully saturated rings. The van der Waals surface area contributed by atoms with Gasteiger partial charge in [0.05, 0.1) is 12.5 Å². The predicted octanol–water partition coefficient (Wildman–Crippen LogP) is 2.22. The smallest absolute Gasteiger partial charge is 0.228 e. The largest absolute Gasteiger partial charge is 0.493 e. The first-order chi connectivity index (χ1) is 9.79. The van der Waals surface area contributed by atoms with Gasteiger partial charge in [-0.3, -0.25) is 4.79 Å². The molecule has 3 unspecified atom stereocenters. The highest BCUT2D eigenvalue weighted by Gasteiger charge is 2.32. The van der Waals surface area contributed by atoms with E-state index in [1.165, 1.54) is 0 Å². The molecule has 0 bridgehead atoms. The molecule has 21 heavy (non-hydrogen) atoms. The van der Waals surface area contributed by atoms with Crippen molar-refractivity contribution in [3.8, 4) is 5.75 Å². The lowest BCUT2D eigenvalue weighted by Gasteiger charge is -2.27. The fourth-order valence-electron chi connectivity index (χ4n) is 3.41. The van der Waals surface area contributed by atoms with E-state index in [-0.39, 0.29) is 30.3 Å². The SMILES string of the molecule is Cl.NCC1CCCC1NC(=O)C1CCOc2ccccc21. The van der Waals surface area contributed by atoms with Gasteiger partial charge in [0.15, 0.2) is 0 Å². The maximum atomic E-state index is 12.6. The van der Waals surface area contributed by atoms with Crippen LogP contribution in [0.3, 0.4) is 0 Å². The average Bonchev–Trinajstić information content (AvgIpc) is 2.93. The molecule has 1 aromatic carbocycles. The second-order valence-corrected chi connectivity index (χ2v) is 5.77. The summed E-state index contributed by atoms with van der Waals surface area (Å²) in [6, 6.07) is 8.09. The van der Waals surface area contributed by atoms with E-state index in [0.717, 1.165) is 37.0 Å². The van der Waals surface area contributed by atoms with Gasteiger partial charge in [0.1, 0.15) is 5.75 Å². The van der Waals surface area contributed by atoms with Crippen LogP contribution in [-0.4, -0.2) is 25.1 Å². The number of nitrogens with one attached hydrogen (secondary N) is 1. The van der Waals surface area contributed by atoms with Crippen molar-refractivity contribution < 1.29 is 9.53 Å². The summed E-state index contributed by atoms with van der Waals surface area (Å²) in [4.78, 5) is 12.6. The Balaban J connectivity index is 0.00000161. The highest BCUT2D eigenvalue weighted by Crippen LogP contribution is 2.34. The molecule has 3 N–H and O–H groups in total. The number of fused-ring (bicyclic) bond motifs is 1. The number of hydrogen-bond acceptors (Lipinski definition) is 3. The van der Waals surface area contributed by atoms with Crippen LogP contribution < -0.4 is 15.8 Å². The first kappa shape index (κ1) is 16.1. The van der Waals surface area contributed by atoms with Gasteiger partial charge in [-0.15, -0.1) is 12.4 Å². The Hall–Kier alpha value is -1.26. The standard InChI is InChI=1S/C16H22N2O2.ClH/c17-10-11-4-3-6-14(11)18-16(19)13-8-9-20-15-7-2-1-5-12(13)15;/h1-2,5,7,11,13-14H,3-4,6,8-10,17H2,(H,18,19);1H. The number of amides is 1. The van der Waals surface area contributed by atoms with Gasteiger partial charge in [0, 0.05) is 11.6 Å². The first-order valence-electron chi connectivity index (χ1n) is 7.51. The molecule has 1 aliphatic carbocycles. The molecule has 1 aromatic rings. The van der Waals surface area contributed by atoms with Crippen molar-refractivity contribution in [2.45, 2.75) is 37.6 Å². The third-order valence-corrected chi connectivity index (χ3v) is 4.56. The van der Waals surface area contributed by atoms with Crippen LogP contribution in [0.5, 0.6) is 5.75 Å². The zero-order valence-electron chi connectivity index (χ0n) is 12.1. The van der Waals surface area contributed by atoms with Crippen LogP contribution in [-0.2, 0) is 4.79 Å². The van der Waals surface area contributed by atoms with Gasteiger partial charge in [-0.2, -0.15) is 0 Å². The number of ether oxygens (including phenoxy) is 1. The van der Waals surface area contributed by atoms with Crippen molar-refractivity contribution in [1.29, 1.82) is 0 Å². The van der Waals surface area contributed by atoms with Crippen LogP contribution in [0.1, 0.15) is 37.2 Å². The fourth-order valence-corrected chi connectivity index (χ4v) is 3.41. The van der Waals surface area contributed by atoms with Gasteiger partial charge in [0.25, 0.3) is 0 Å². The maximum absolute atomic E-state index is 12.6. The van der Waals surface area contributed by atoms with Crippen LogP contribution >= 0.6 is 12.4 Å². The molecule has 116 valence electrons. The lowest BCUT2D eigenvalue weighted by molar-refractivity contribution is -0.124. The quantitative estimate of drug-likeness (QED) is 0.899. The van der Waals surface area contributed by atoms with E-state index in [1.54, 1.807) is 0 Å². The number of benzene rings is 1. The van der Waals surface area contributed by atoms with Crippen molar-refractivity contribution in [2.75, 3.05) is 13.2 Å². The van der Waals surface area contributed by atoms with E-state index in [0.29, 0.717) is 19.1 Å². The Labute approximate surface area is 131 Å². The van der Waals surface area contributed by atoms with Crippen LogP contribution in [0.2, 0.25) is 0 Å². The molecule has 2 aliphatic rings. The summed E-state index contributed by atoms with van der Waals surface area (Å²) >= 11 is 0. The van der Waals surface area contributed by atoms with E-state index < -0.39 is 0 Å². The summed E-state index contributed by atoms with van der Waals surface area (Å²) in [6.45, 7) is 1.27. The molecule has 5 heteroatoms. The lowest BCUT2D eigenvalue weighted by Crippen LogP contribution is -2.43. The van der Waals surface area contributed by atoms with Crippen LogP contribution in [0.4, 0.5) is 0 Å². The Morgan fingerprint density at radius 3 is 2.90 bits per heavy atom. The van der Waals surface area contributed by atoms with Crippen LogP contribution in [0.25, 0.3) is 0 Å². The van der Waals surface area contributed by atoms with Gasteiger partial charge in [0.2, 0.25) is 5.91 Å². The van der Waals surface area contributed by atoms with Gasteiger partial charge in [-0.05, 0) is 37.8 Å². The Bertz CT molecular complexity index is 495. The fraction of sp³-hybridized carbons (Fsp3) is 0.562. The summed E-state index contributed by atoms with van der Waals surface area (Å²) in [5.41, 5.74) is 6.80. The second-order valence-electron chi connectivity index (χ2n) is 5.77. The normalized spacial score (nSPS) is 27.2. The van der Waals surface area contributed by atoms with E-state index in [4.69, 9.17) is 10.5 Å². The molecule has 4 nitrogen and oxygen atoms in total. The number of halogens is 1. The zero-order valence-corrected chi connectivity index (χ0v) is 12.9. The van der Waals surface area contributed by atoms with E-state index >= 15 is 0 Å². The summed E-state index contributed by atoms with van der Waals surface area (Å²) in [5.74, 6) is 1.33. The number of rotatable bonds is 3. The second kappa shape index (κ2) is 7.14. The molecular formula is C16H23ClN2O2. The molecule has 3 atom stereocenters. The molecule has 1 amide bonds. The van der Waals surface area contributed by atoms with Gasteiger partial charge < -0.3 is 15.8 Å². The summed E-state index contributed by atoms with van der Waals surface area (Å²) in [6.07, 6.45) is 4.10. The highest BCUT2D eigenvalue weighted by atomic mass is 35.5. The van der Waals surface area contributed by atoms with E-state index in [9.17, 15) is 4.79 Å². The Morgan fingerprint density at radius 2 is 2.10 bits per heavy atom. The highest BCUT2D eigenvalue weighted by molar-refractivity contribution is 5.85. The summed E-state index contributed by atoms with van der Waals surface area (Å²) in [7, 11) is 0. The summed E-state index contributed by atoms with van der Waals surface area (Å²) < 4.78 is 5.62. The van der Waals surface area contributed by atoms with Crippen LogP contribution in [0, 0.1) is 5.92 Å². The minimum Gasteiger partial charge on any atom is -0.493 e. The number of carbonyl (C=O) groups excluding carboxylic acids is 1. The third-order valence-electron chi connectivity index (χ3n) is 4.56. The van der Waals surface area contributed by atoms with Gasteiger partial charge in [-0.1, -0.05) is 24.6 Å². The van der Waals surface area contributed by atoms with Crippen molar-refractivity contribution in [3.05, 3.63) is 29.8 Å². The molecule has 1 heterocycles. The molecule has 1 aliphatic heterocycles. The van der Waals surface area contributed by atoms with Gasteiger partial charge in [-0.25, -0.2) is 0 Å². The van der Waals surface area contributed by atoms with Crippen molar-refractivity contribution in [2.24, 2.45) is 11.7 Å². The Kier molecular flexibility index (Phi) is 5.48. The third kappa shape index (κ3) is 3.33. The minimum absolute atomic E-state index is 0. The number of nitrogens with two attached hydrogens (primary N) is 1. The van der Waals surface area contributed by atoms with Crippen LogP contribution in [0.15, 0.2) is 24.3 Å². The number of para-hydroxylation sites is 1. The van der Waals surface area contributed by atoms with E-state index in [1.807, 2.05) is 24.3 Å². The minimum atomic E-state index is -0.0843. The average molecular weight is 311 g/mol. The van der Waals surface area contributed by atoms with Crippen molar-refractivity contribution >= 4 is 18.3 Å². The molecule has 0 aromatic heterocycles. The molecule has 0 spiro atoms. The molecule has 1 saturated carbocycles. The topological polar surface area (TPSA) is 64.3 Å². The molecule has 3 rings (SSSR count). The molecule has 0 saturated heterocycles.